The van der Waals surface area contributed by atoms with E-state index in [1.807, 2.05) is 0 Å². The SMILES string of the molecule is CCCCCOP(=O)(O)CC. The molecule has 0 rings (SSSR count). The van der Waals surface area contributed by atoms with Crippen LogP contribution in [-0.2, 0) is 9.09 Å². The summed E-state index contributed by atoms with van der Waals surface area (Å²) in [6.07, 6.45) is 3.25. The van der Waals surface area contributed by atoms with Gasteiger partial charge in [-0.15, -0.1) is 0 Å². The van der Waals surface area contributed by atoms with Crippen LogP contribution in [0.25, 0.3) is 0 Å². The molecule has 0 aromatic rings. The molecule has 0 amide bonds. The van der Waals surface area contributed by atoms with E-state index in [-0.39, 0.29) is 6.16 Å². The van der Waals surface area contributed by atoms with E-state index in [0.717, 1.165) is 19.3 Å². The highest BCUT2D eigenvalue weighted by Gasteiger charge is 2.14. The lowest BCUT2D eigenvalue weighted by atomic mass is 10.3. The Morgan fingerprint density at radius 2 is 2.00 bits per heavy atom. The van der Waals surface area contributed by atoms with E-state index in [2.05, 4.69) is 6.92 Å². The van der Waals surface area contributed by atoms with Crippen LogP contribution in [0, 0.1) is 0 Å². The lowest BCUT2D eigenvalue weighted by Crippen LogP contribution is -1.94. The lowest BCUT2D eigenvalue weighted by Gasteiger charge is -2.08. The van der Waals surface area contributed by atoms with Gasteiger partial charge in [0.25, 0.3) is 0 Å². The smallest absolute Gasteiger partial charge is 0.324 e. The molecule has 0 radical (unpaired) electrons. The van der Waals surface area contributed by atoms with Gasteiger partial charge in [0.1, 0.15) is 0 Å². The predicted molar refractivity (Wildman–Crippen MR) is 45.8 cm³/mol. The molecule has 1 unspecified atom stereocenters. The van der Waals surface area contributed by atoms with Gasteiger partial charge in [-0.2, -0.15) is 0 Å². The van der Waals surface area contributed by atoms with E-state index >= 15 is 0 Å². The normalized spacial score (nSPS) is 16.3. The molecule has 0 heterocycles. The van der Waals surface area contributed by atoms with Gasteiger partial charge >= 0.3 is 7.60 Å². The summed E-state index contributed by atoms with van der Waals surface area (Å²) in [6, 6.07) is 0. The van der Waals surface area contributed by atoms with Crippen molar-refractivity contribution in [3.05, 3.63) is 0 Å². The molecule has 0 aliphatic heterocycles. The summed E-state index contributed by atoms with van der Waals surface area (Å²) in [6.45, 7) is 4.15. The van der Waals surface area contributed by atoms with Crippen molar-refractivity contribution >= 4 is 7.60 Å². The van der Waals surface area contributed by atoms with Crippen LogP contribution in [0.2, 0.25) is 0 Å². The molecular weight excluding hydrogens is 163 g/mol. The van der Waals surface area contributed by atoms with E-state index in [0.29, 0.717) is 6.61 Å². The Hall–Kier alpha value is 0.150. The third kappa shape index (κ3) is 6.54. The average molecular weight is 180 g/mol. The lowest BCUT2D eigenvalue weighted by molar-refractivity contribution is 0.254. The van der Waals surface area contributed by atoms with E-state index < -0.39 is 7.60 Å². The van der Waals surface area contributed by atoms with E-state index in [1.54, 1.807) is 6.92 Å². The van der Waals surface area contributed by atoms with E-state index in [4.69, 9.17) is 9.42 Å². The fraction of sp³-hybridized carbons (Fsp3) is 1.00. The molecule has 3 nitrogen and oxygen atoms in total. The summed E-state index contributed by atoms with van der Waals surface area (Å²) in [5, 5.41) is 0. The van der Waals surface area contributed by atoms with Crippen LogP contribution < -0.4 is 0 Å². The molecule has 0 saturated carbocycles. The Kier molecular flexibility index (Phi) is 5.83. The molecule has 68 valence electrons. The minimum atomic E-state index is -3.21. The van der Waals surface area contributed by atoms with Gasteiger partial charge < -0.3 is 9.42 Å². The Bertz CT molecular complexity index is 136. The first-order chi connectivity index (χ1) is 5.12. The van der Waals surface area contributed by atoms with Crippen LogP contribution in [0.5, 0.6) is 0 Å². The van der Waals surface area contributed by atoms with Gasteiger partial charge in [0.2, 0.25) is 0 Å². The Morgan fingerprint density at radius 1 is 1.36 bits per heavy atom. The Balaban J connectivity index is 3.31. The summed E-state index contributed by atoms with van der Waals surface area (Å²) in [7, 11) is -3.21. The number of hydrogen-bond donors (Lipinski definition) is 1. The first-order valence-corrected chi connectivity index (χ1v) is 5.85. The largest absolute Gasteiger partial charge is 0.327 e. The standard InChI is InChI=1S/C7H17O3P/c1-3-5-6-7-10-11(8,9)4-2/h3-7H2,1-2H3,(H,8,9). The molecule has 0 aliphatic carbocycles. The average Bonchev–Trinajstić information content (AvgIpc) is 1.99. The molecule has 1 N–H and O–H groups in total. The summed E-state index contributed by atoms with van der Waals surface area (Å²) in [5.74, 6) is 0. The minimum Gasteiger partial charge on any atom is -0.324 e. The monoisotopic (exact) mass is 180 g/mol. The van der Waals surface area contributed by atoms with Crippen LogP contribution in [0.1, 0.15) is 33.1 Å². The molecular formula is C7H17O3P. The van der Waals surface area contributed by atoms with Crippen molar-refractivity contribution in [1.29, 1.82) is 0 Å². The second-order valence-corrected chi connectivity index (χ2v) is 4.66. The molecule has 11 heavy (non-hydrogen) atoms. The molecule has 0 spiro atoms. The van der Waals surface area contributed by atoms with Crippen molar-refractivity contribution < 1.29 is 14.0 Å². The van der Waals surface area contributed by atoms with Gasteiger partial charge in [0.05, 0.1) is 6.61 Å². The third-order valence-corrected chi connectivity index (χ3v) is 2.83. The highest BCUT2D eigenvalue weighted by atomic mass is 31.2. The number of unbranched alkanes of at least 4 members (excludes halogenated alkanes) is 2. The predicted octanol–water partition coefficient (Wildman–Crippen LogP) is 2.40. The van der Waals surface area contributed by atoms with Crippen LogP contribution >= 0.6 is 7.60 Å². The van der Waals surface area contributed by atoms with Gasteiger partial charge in [-0.05, 0) is 6.42 Å². The maximum absolute atomic E-state index is 10.9. The molecule has 0 aliphatic rings. The summed E-state index contributed by atoms with van der Waals surface area (Å²) < 4.78 is 15.7. The fourth-order valence-corrected chi connectivity index (χ4v) is 1.25. The molecule has 1 atom stereocenters. The van der Waals surface area contributed by atoms with E-state index in [9.17, 15) is 4.57 Å². The summed E-state index contributed by atoms with van der Waals surface area (Å²) in [4.78, 5) is 8.96. The zero-order chi connectivity index (χ0) is 8.74. The second kappa shape index (κ2) is 5.76. The maximum atomic E-state index is 10.9. The summed E-state index contributed by atoms with van der Waals surface area (Å²) in [5.41, 5.74) is 0. The number of rotatable bonds is 6. The van der Waals surface area contributed by atoms with Crippen molar-refractivity contribution in [1.82, 2.24) is 0 Å². The molecule has 0 saturated heterocycles. The van der Waals surface area contributed by atoms with Crippen molar-refractivity contribution in [2.45, 2.75) is 33.1 Å². The maximum Gasteiger partial charge on any atom is 0.327 e. The minimum absolute atomic E-state index is 0.207. The van der Waals surface area contributed by atoms with Crippen LogP contribution in [0.3, 0.4) is 0 Å². The van der Waals surface area contributed by atoms with Crippen LogP contribution in [0.15, 0.2) is 0 Å². The van der Waals surface area contributed by atoms with Crippen LogP contribution in [0.4, 0.5) is 0 Å². The first-order valence-electron chi connectivity index (χ1n) is 4.08. The van der Waals surface area contributed by atoms with Gasteiger partial charge in [0, 0.05) is 6.16 Å². The Morgan fingerprint density at radius 3 is 2.45 bits per heavy atom. The Labute approximate surface area is 68.3 Å². The van der Waals surface area contributed by atoms with Gasteiger partial charge in [-0.3, -0.25) is 4.57 Å². The zero-order valence-corrected chi connectivity index (χ0v) is 8.14. The number of hydrogen-bond acceptors (Lipinski definition) is 2. The highest BCUT2D eigenvalue weighted by molar-refractivity contribution is 7.52. The topological polar surface area (TPSA) is 46.5 Å². The molecule has 0 bridgehead atoms. The van der Waals surface area contributed by atoms with E-state index in [1.165, 1.54) is 0 Å². The van der Waals surface area contributed by atoms with Gasteiger partial charge in [-0.1, -0.05) is 26.7 Å². The quantitative estimate of drug-likeness (QED) is 0.504. The third-order valence-electron chi connectivity index (χ3n) is 1.44. The zero-order valence-electron chi connectivity index (χ0n) is 7.25. The van der Waals surface area contributed by atoms with Crippen molar-refractivity contribution in [2.24, 2.45) is 0 Å². The molecule has 4 heteroatoms. The van der Waals surface area contributed by atoms with Crippen LogP contribution in [-0.4, -0.2) is 17.7 Å². The summed E-state index contributed by atoms with van der Waals surface area (Å²) >= 11 is 0. The van der Waals surface area contributed by atoms with Crippen molar-refractivity contribution in [2.75, 3.05) is 12.8 Å². The highest BCUT2D eigenvalue weighted by Crippen LogP contribution is 2.40. The van der Waals surface area contributed by atoms with Crippen molar-refractivity contribution in [3.8, 4) is 0 Å². The second-order valence-electron chi connectivity index (χ2n) is 2.49. The fourth-order valence-electron chi connectivity index (χ4n) is 0.651. The van der Waals surface area contributed by atoms with Gasteiger partial charge in [0.15, 0.2) is 0 Å². The van der Waals surface area contributed by atoms with Gasteiger partial charge in [-0.25, -0.2) is 0 Å². The van der Waals surface area contributed by atoms with Crippen molar-refractivity contribution in [3.63, 3.8) is 0 Å². The molecule has 0 aromatic carbocycles. The molecule has 0 fully saturated rings. The first kappa shape index (κ1) is 11.2. The molecule has 0 aromatic heterocycles.